The van der Waals surface area contributed by atoms with Crippen LogP contribution < -0.4 is 0 Å². The Morgan fingerprint density at radius 1 is 1.42 bits per heavy atom. The van der Waals surface area contributed by atoms with E-state index in [1.54, 1.807) is 0 Å². The van der Waals surface area contributed by atoms with Gasteiger partial charge in [0, 0.05) is 5.69 Å². The summed E-state index contributed by atoms with van der Waals surface area (Å²) in [4.78, 5) is 4.15. The third-order valence-corrected chi connectivity index (χ3v) is 1.98. The maximum absolute atomic E-state index is 4.15. The number of aromatic nitrogens is 1. The highest BCUT2D eigenvalue weighted by atomic mass is 14.7. The molecule has 0 saturated heterocycles. The minimum absolute atomic E-state index is 0.212. The molecule has 0 unspecified atom stereocenters. The second kappa shape index (κ2) is 3.26. The van der Waals surface area contributed by atoms with Crippen molar-refractivity contribution >= 4 is 0 Å². The van der Waals surface area contributed by atoms with Crippen molar-refractivity contribution in [3.63, 3.8) is 0 Å². The van der Waals surface area contributed by atoms with E-state index in [1.165, 1.54) is 5.56 Å². The van der Waals surface area contributed by atoms with Crippen LogP contribution in [0.2, 0.25) is 0 Å². The van der Waals surface area contributed by atoms with Crippen LogP contribution in [0, 0.1) is 6.20 Å². The molecule has 0 saturated carbocycles. The molecule has 0 spiro atoms. The summed E-state index contributed by atoms with van der Waals surface area (Å²) in [5.74, 6) is 0. The molecule has 0 amide bonds. The SMILES string of the molecule is CCc1cc(C(C)(C)C)c[c]n1. The van der Waals surface area contributed by atoms with Gasteiger partial charge in [-0.25, -0.2) is 0 Å². The van der Waals surface area contributed by atoms with Gasteiger partial charge in [0.2, 0.25) is 0 Å². The smallest absolute Gasteiger partial charge is 0.0892 e. The summed E-state index contributed by atoms with van der Waals surface area (Å²) in [6.07, 6.45) is 3.92. The van der Waals surface area contributed by atoms with Gasteiger partial charge < -0.3 is 0 Å². The molecular formula is C11H16N. The van der Waals surface area contributed by atoms with Crippen LogP contribution in [0.4, 0.5) is 0 Å². The third-order valence-electron chi connectivity index (χ3n) is 1.98. The van der Waals surface area contributed by atoms with Crippen molar-refractivity contribution in [1.29, 1.82) is 0 Å². The predicted molar refractivity (Wildman–Crippen MR) is 51.2 cm³/mol. The fourth-order valence-electron chi connectivity index (χ4n) is 1.05. The van der Waals surface area contributed by atoms with Crippen molar-refractivity contribution in [3.8, 4) is 0 Å². The van der Waals surface area contributed by atoms with E-state index in [2.05, 4.69) is 44.9 Å². The van der Waals surface area contributed by atoms with E-state index in [1.807, 2.05) is 6.07 Å². The van der Waals surface area contributed by atoms with Gasteiger partial charge in [-0.05, 0) is 29.5 Å². The van der Waals surface area contributed by atoms with Gasteiger partial charge in [0.05, 0.1) is 6.20 Å². The first kappa shape index (κ1) is 9.24. The summed E-state index contributed by atoms with van der Waals surface area (Å²) in [5, 5.41) is 0. The summed E-state index contributed by atoms with van der Waals surface area (Å²) in [5.41, 5.74) is 2.65. The van der Waals surface area contributed by atoms with Gasteiger partial charge in [0.1, 0.15) is 0 Å². The van der Waals surface area contributed by atoms with Gasteiger partial charge in [-0.1, -0.05) is 27.7 Å². The van der Waals surface area contributed by atoms with Crippen molar-refractivity contribution in [2.24, 2.45) is 0 Å². The molecule has 12 heavy (non-hydrogen) atoms. The van der Waals surface area contributed by atoms with Crippen LogP contribution >= 0.6 is 0 Å². The van der Waals surface area contributed by atoms with Crippen LogP contribution in [0.25, 0.3) is 0 Å². The summed E-state index contributed by atoms with van der Waals surface area (Å²) in [6, 6.07) is 4.13. The minimum atomic E-state index is 0.212. The quantitative estimate of drug-likeness (QED) is 0.618. The second-order valence-electron chi connectivity index (χ2n) is 4.08. The Bertz CT molecular complexity index is 258. The summed E-state index contributed by atoms with van der Waals surface area (Å²) >= 11 is 0. The molecule has 65 valence electrons. The lowest BCUT2D eigenvalue weighted by molar-refractivity contribution is 0.587. The molecule has 0 aliphatic rings. The average molecular weight is 162 g/mol. The van der Waals surface area contributed by atoms with Crippen LogP contribution in [-0.4, -0.2) is 4.98 Å². The van der Waals surface area contributed by atoms with Crippen LogP contribution in [0.5, 0.6) is 0 Å². The maximum atomic E-state index is 4.15. The lowest BCUT2D eigenvalue weighted by Crippen LogP contribution is -2.11. The average Bonchev–Trinajstić information content (AvgIpc) is 2.03. The molecule has 1 heterocycles. The number of pyridine rings is 1. The van der Waals surface area contributed by atoms with Crippen molar-refractivity contribution in [1.82, 2.24) is 4.98 Å². The molecule has 1 radical (unpaired) electrons. The topological polar surface area (TPSA) is 12.9 Å². The molecule has 0 aliphatic carbocycles. The highest BCUT2D eigenvalue weighted by Crippen LogP contribution is 2.21. The second-order valence-corrected chi connectivity index (χ2v) is 4.08. The normalized spacial score (nSPS) is 11.7. The Hall–Kier alpha value is -0.850. The molecule has 1 aromatic rings. The van der Waals surface area contributed by atoms with E-state index < -0.39 is 0 Å². The molecule has 0 N–H and O–H groups in total. The van der Waals surface area contributed by atoms with Crippen molar-refractivity contribution in [3.05, 3.63) is 29.6 Å². The molecule has 0 aromatic carbocycles. The van der Waals surface area contributed by atoms with Crippen molar-refractivity contribution in [2.45, 2.75) is 39.5 Å². The monoisotopic (exact) mass is 162 g/mol. The molecule has 1 heteroatoms. The van der Waals surface area contributed by atoms with Gasteiger partial charge in [-0.15, -0.1) is 0 Å². The van der Waals surface area contributed by atoms with E-state index in [4.69, 9.17) is 0 Å². The first-order chi connectivity index (χ1) is 5.54. The molecule has 1 nitrogen and oxygen atoms in total. The lowest BCUT2D eigenvalue weighted by atomic mass is 9.87. The fraction of sp³-hybridized carbons (Fsp3) is 0.545. The van der Waals surface area contributed by atoms with Gasteiger partial charge in [-0.3, -0.25) is 4.98 Å². The zero-order chi connectivity index (χ0) is 9.19. The Morgan fingerprint density at radius 3 is 2.58 bits per heavy atom. The highest BCUT2D eigenvalue weighted by molar-refractivity contribution is 5.22. The first-order valence-electron chi connectivity index (χ1n) is 4.41. The van der Waals surface area contributed by atoms with E-state index >= 15 is 0 Å². The summed E-state index contributed by atoms with van der Waals surface area (Å²) in [7, 11) is 0. The molecule has 0 atom stereocenters. The van der Waals surface area contributed by atoms with E-state index in [9.17, 15) is 0 Å². The van der Waals surface area contributed by atoms with E-state index in [-0.39, 0.29) is 5.41 Å². The molecule has 1 aromatic heterocycles. The Kier molecular flexibility index (Phi) is 2.51. The number of hydrogen-bond acceptors (Lipinski definition) is 1. The summed E-state index contributed by atoms with van der Waals surface area (Å²) < 4.78 is 0. The van der Waals surface area contributed by atoms with Crippen LogP contribution in [0.15, 0.2) is 12.1 Å². The van der Waals surface area contributed by atoms with E-state index in [0.717, 1.165) is 12.1 Å². The Balaban J connectivity index is 3.02. The molecule has 1 rings (SSSR count). The molecule has 0 bridgehead atoms. The zero-order valence-corrected chi connectivity index (χ0v) is 8.31. The lowest BCUT2D eigenvalue weighted by Gasteiger charge is -2.18. The number of nitrogens with zero attached hydrogens (tertiary/aromatic N) is 1. The summed E-state index contributed by atoms with van der Waals surface area (Å²) in [6.45, 7) is 8.73. The van der Waals surface area contributed by atoms with Crippen LogP contribution in [-0.2, 0) is 11.8 Å². The fourth-order valence-corrected chi connectivity index (χ4v) is 1.05. The molecular weight excluding hydrogens is 146 g/mol. The van der Waals surface area contributed by atoms with Gasteiger partial charge >= 0.3 is 0 Å². The number of rotatable bonds is 1. The van der Waals surface area contributed by atoms with Gasteiger partial charge in [-0.2, -0.15) is 0 Å². The van der Waals surface area contributed by atoms with Crippen molar-refractivity contribution < 1.29 is 0 Å². The van der Waals surface area contributed by atoms with Gasteiger partial charge in [0.25, 0.3) is 0 Å². The number of aryl methyl sites for hydroxylation is 1. The highest BCUT2D eigenvalue weighted by Gasteiger charge is 2.13. The van der Waals surface area contributed by atoms with Crippen LogP contribution in [0.3, 0.4) is 0 Å². The minimum Gasteiger partial charge on any atom is -0.251 e. The number of hydrogen-bond donors (Lipinski definition) is 0. The van der Waals surface area contributed by atoms with Crippen LogP contribution in [0.1, 0.15) is 39.0 Å². The first-order valence-corrected chi connectivity index (χ1v) is 4.41. The Labute approximate surface area is 74.8 Å². The maximum Gasteiger partial charge on any atom is 0.0892 e. The largest absolute Gasteiger partial charge is 0.251 e. The van der Waals surface area contributed by atoms with Crippen molar-refractivity contribution in [2.75, 3.05) is 0 Å². The molecule has 0 fully saturated rings. The van der Waals surface area contributed by atoms with Gasteiger partial charge in [0.15, 0.2) is 0 Å². The zero-order valence-electron chi connectivity index (χ0n) is 8.31. The molecule has 0 aliphatic heterocycles. The third kappa shape index (κ3) is 2.07. The Morgan fingerprint density at radius 2 is 2.08 bits per heavy atom. The standard InChI is InChI=1S/C11H16N/c1-5-10-8-9(6-7-12-10)11(2,3)4/h6,8H,5H2,1-4H3. The van der Waals surface area contributed by atoms with E-state index in [0.29, 0.717) is 0 Å². The predicted octanol–water partition coefficient (Wildman–Crippen LogP) is 2.74.